The van der Waals surface area contributed by atoms with Crippen LogP contribution < -0.4 is 0 Å². The lowest BCUT2D eigenvalue weighted by Gasteiger charge is -2.14. The molecule has 1 N–H and O–H groups in total. The van der Waals surface area contributed by atoms with Crippen LogP contribution in [0.2, 0.25) is 0 Å². The molecule has 178 valence electrons. The predicted molar refractivity (Wildman–Crippen MR) is 118 cm³/mol. The summed E-state index contributed by atoms with van der Waals surface area (Å²) >= 11 is 0. The molecule has 1 aromatic heterocycles. The number of nitrogens with zero attached hydrogens (tertiary/aromatic N) is 1. The Labute approximate surface area is 195 Å². The van der Waals surface area contributed by atoms with E-state index in [4.69, 9.17) is 0 Å². The van der Waals surface area contributed by atoms with E-state index in [0.29, 0.717) is 10.9 Å². The molecular formula is C26H15F6NO2. The molecule has 0 radical (unpaired) electrons. The van der Waals surface area contributed by atoms with Gasteiger partial charge in [-0.25, -0.2) is 4.79 Å². The molecule has 4 aromatic rings. The number of hydrogen-bond acceptors (Lipinski definition) is 1. The van der Waals surface area contributed by atoms with Crippen LogP contribution in [0.1, 0.15) is 32.6 Å². The van der Waals surface area contributed by atoms with E-state index in [1.165, 1.54) is 48.0 Å². The maximum absolute atomic E-state index is 13.8. The largest absolute Gasteiger partial charge is 0.478 e. The van der Waals surface area contributed by atoms with Gasteiger partial charge in [-0.2, -0.15) is 26.3 Å². The summed E-state index contributed by atoms with van der Waals surface area (Å²) in [7, 11) is 1.54. The van der Waals surface area contributed by atoms with E-state index >= 15 is 0 Å². The third-order valence-corrected chi connectivity index (χ3v) is 5.48. The van der Waals surface area contributed by atoms with Crippen molar-refractivity contribution in [3.8, 4) is 23.1 Å². The van der Waals surface area contributed by atoms with E-state index in [1.54, 1.807) is 0 Å². The van der Waals surface area contributed by atoms with Gasteiger partial charge in [-0.15, -0.1) is 0 Å². The number of aryl methyl sites for hydroxylation is 1. The molecule has 4 rings (SSSR count). The van der Waals surface area contributed by atoms with E-state index in [0.717, 1.165) is 30.3 Å². The van der Waals surface area contributed by atoms with Crippen LogP contribution in [0.15, 0.2) is 66.7 Å². The minimum absolute atomic E-state index is 0.0867. The fourth-order valence-electron chi connectivity index (χ4n) is 3.83. The Morgan fingerprint density at radius 2 is 1.51 bits per heavy atom. The van der Waals surface area contributed by atoms with Crippen molar-refractivity contribution in [2.45, 2.75) is 12.4 Å². The van der Waals surface area contributed by atoms with Crippen LogP contribution in [0.25, 0.3) is 22.2 Å². The zero-order valence-corrected chi connectivity index (χ0v) is 17.9. The molecule has 0 atom stereocenters. The maximum Gasteiger partial charge on any atom is 0.417 e. The highest BCUT2D eigenvalue weighted by atomic mass is 19.4. The Bertz CT molecular complexity index is 1500. The minimum Gasteiger partial charge on any atom is -0.478 e. The summed E-state index contributed by atoms with van der Waals surface area (Å²) < 4.78 is 81.4. The van der Waals surface area contributed by atoms with Crippen molar-refractivity contribution in [1.29, 1.82) is 0 Å². The molecule has 1 heterocycles. The van der Waals surface area contributed by atoms with Crippen LogP contribution in [0, 0.1) is 11.8 Å². The first-order valence-corrected chi connectivity index (χ1v) is 10.1. The van der Waals surface area contributed by atoms with Gasteiger partial charge in [-0.05, 0) is 48.5 Å². The highest BCUT2D eigenvalue weighted by molar-refractivity contribution is 6.00. The highest BCUT2D eigenvalue weighted by Crippen LogP contribution is 2.41. The van der Waals surface area contributed by atoms with Crippen molar-refractivity contribution >= 4 is 16.9 Å². The first-order chi connectivity index (χ1) is 16.4. The number of fused-ring (bicyclic) bond motifs is 1. The first kappa shape index (κ1) is 24.0. The molecule has 3 nitrogen and oxygen atoms in total. The summed E-state index contributed by atoms with van der Waals surface area (Å²) in [4.78, 5) is 11.5. The molecule has 0 bridgehead atoms. The Kier molecular flexibility index (Phi) is 5.85. The average Bonchev–Trinajstić information content (AvgIpc) is 3.07. The number of hydrogen-bond donors (Lipinski definition) is 1. The third kappa shape index (κ3) is 4.60. The lowest BCUT2D eigenvalue weighted by atomic mass is 9.99. The number of benzene rings is 3. The van der Waals surface area contributed by atoms with E-state index < -0.39 is 29.4 Å². The lowest BCUT2D eigenvalue weighted by molar-refractivity contribution is -0.138. The summed E-state index contributed by atoms with van der Waals surface area (Å²) in [5, 5.41) is 9.70. The number of halogens is 6. The molecular weight excluding hydrogens is 472 g/mol. The molecule has 35 heavy (non-hydrogen) atoms. The van der Waals surface area contributed by atoms with Gasteiger partial charge in [0, 0.05) is 29.1 Å². The zero-order valence-electron chi connectivity index (χ0n) is 17.9. The van der Waals surface area contributed by atoms with E-state index in [1.807, 2.05) is 0 Å². The summed E-state index contributed by atoms with van der Waals surface area (Å²) in [5.41, 5.74) is -1.13. The number of rotatable bonds is 2. The normalized spacial score (nSPS) is 11.9. The van der Waals surface area contributed by atoms with Gasteiger partial charge in [-0.1, -0.05) is 30.0 Å². The lowest BCUT2D eigenvalue weighted by Crippen LogP contribution is -2.08. The number of aromatic carboxylic acids is 1. The van der Waals surface area contributed by atoms with Gasteiger partial charge < -0.3 is 9.67 Å². The van der Waals surface area contributed by atoms with Crippen molar-refractivity contribution in [3.63, 3.8) is 0 Å². The molecule has 9 heteroatoms. The van der Waals surface area contributed by atoms with Crippen LogP contribution in [-0.4, -0.2) is 15.6 Å². The van der Waals surface area contributed by atoms with Gasteiger partial charge in [0.1, 0.15) is 0 Å². The average molecular weight is 487 g/mol. The Hall–Kier alpha value is -4.19. The van der Waals surface area contributed by atoms with E-state index in [9.17, 15) is 36.2 Å². The standard InChI is InChI=1S/C26H15F6NO2/c1-33-22-13-9-16(24(34)35)14-20(22)18(12-8-15-6-10-17(11-7-15)25(27,28)29)23(33)19-4-2-3-5-21(19)26(30,31)32/h2-7,9-11,13-14H,1H3,(H,34,35). The number of alkyl halides is 6. The molecule has 0 unspecified atom stereocenters. The van der Waals surface area contributed by atoms with Crippen molar-refractivity contribution < 1.29 is 36.2 Å². The molecule has 0 fully saturated rings. The third-order valence-electron chi connectivity index (χ3n) is 5.48. The van der Waals surface area contributed by atoms with Crippen LogP contribution in [-0.2, 0) is 19.4 Å². The molecule has 0 aliphatic carbocycles. The minimum atomic E-state index is -4.67. The number of aromatic nitrogens is 1. The summed E-state index contributed by atoms with van der Waals surface area (Å²) in [6, 6.07) is 13.1. The van der Waals surface area contributed by atoms with Gasteiger partial charge in [-0.3, -0.25) is 0 Å². The molecule has 0 spiro atoms. The SMILES string of the molecule is Cn1c(-c2ccccc2C(F)(F)F)c(C#Cc2ccc(C(F)(F)F)cc2)c2cc(C(=O)O)ccc21. The second-order valence-electron chi connectivity index (χ2n) is 7.69. The first-order valence-electron chi connectivity index (χ1n) is 10.1. The molecule has 0 saturated carbocycles. The smallest absolute Gasteiger partial charge is 0.417 e. The maximum atomic E-state index is 13.8. The second-order valence-corrected chi connectivity index (χ2v) is 7.69. The Balaban J connectivity index is 1.99. The van der Waals surface area contributed by atoms with Gasteiger partial charge >= 0.3 is 18.3 Å². The van der Waals surface area contributed by atoms with Gasteiger partial charge in [0.25, 0.3) is 0 Å². The van der Waals surface area contributed by atoms with Crippen LogP contribution >= 0.6 is 0 Å². The molecule has 0 aliphatic heterocycles. The second kappa shape index (κ2) is 8.55. The van der Waals surface area contributed by atoms with Crippen LogP contribution in [0.4, 0.5) is 26.3 Å². The van der Waals surface area contributed by atoms with Gasteiger partial charge in [0.05, 0.1) is 27.9 Å². The number of carbonyl (C=O) groups is 1. The van der Waals surface area contributed by atoms with Gasteiger partial charge in [0.15, 0.2) is 0 Å². The van der Waals surface area contributed by atoms with Gasteiger partial charge in [0.2, 0.25) is 0 Å². The predicted octanol–water partition coefficient (Wildman–Crippen LogP) is 6.98. The van der Waals surface area contributed by atoms with Crippen molar-refractivity contribution in [2.75, 3.05) is 0 Å². The molecule has 0 amide bonds. The Morgan fingerprint density at radius 1 is 0.857 bits per heavy atom. The van der Waals surface area contributed by atoms with E-state index in [2.05, 4.69) is 11.8 Å². The molecule has 3 aromatic carbocycles. The highest BCUT2D eigenvalue weighted by Gasteiger charge is 2.35. The fraction of sp³-hybridized carbons (Fsp3) is 0.115. The molecule has 0 aliphatic rings. The molecule has 0 saturated heterocycles. The Morgan fingerprint density at radius 3 is 2.11 bits per heavy atom. The quantitative estimate of drug-likeness (QED) is 0.245. The van der Waals surface area contributed by atoms with E-state index in [-0.39, 0.29) is 27.9 Å². The topological polar surface area (TPSA) is 42.2 Å². The number of carboxylic acids is 1. The fourth-order valence-corrected chi connectivity index (χ4v) is 3.83. The summed E-state index contributed by atoms with van der Waals surface area (Å²) in [6.07, 6.45) is -9.19. The van der Waals surface area contributed by atoms with Crippen LogP contribution in [0.3, 0.4) is 0 Å². The summed E-state index contributed by atoms with van der Waals surface area (Å²) in [5.74, 6) is 4.26. The van der Waals surface area contributed by atoms with Crippen molar-refractivity contribution in [3.05, 3.63) is 94.5 Å². The number of carboxylic acid groups (broad SMARTS) is 1. The summed E-state index contributed by atoms with van der Waals surface area (Å²) in [6.45, 7) is 0. The zero-order chi connectivity index (χ0) is 25.5. The van der Waals surface area contributed by atoms with Crippen molar-refractivity contribution in [2.24, 2.45) is 7.05 Å². The van der Waals surface area contributed by atoms with Crippen molar-refractivity contribution in [1.82, 2.24) is 4.57 Å². The van der Waals surface area contributed by atoms with Crippen LogP contribution in [0.5, 0.6) is 0 Å². The monoisotopic (exact) mass is 487 g/mol.